The van der Waals surface area contributed by atoms with Crippen LogP contribution in [0.5, 0.6) is 11.6 Å². The Hall–Kier alpha value is -3.08. The summed E-state index contributed by atoms with van der Waals surface area (Å²) in [5.41, 5.74) is 6.86. The van der Waals surface area contributed by atoms with Gasteiger partial charge in [0.25, 0.3) is 0 Å². The Balaban J connectivity index is 2.10. The van der Waals surface area contributed by atoms with Crippen LogP contribution in [0.3, 0.4) is 0 Å². The van der Waals surface area contributed by atoms with Crippen molar-refractivity contribution in [3.8, 4) is 11.6 Å². The van der Waals surface area contributed by atoms with Crippen molar-refractivity contribution >= 4 is 16.9 Å². The number of carbonyl (C=O) groups excluding carboxylic acids is 1. The number of nitrogens with zero attached hydrogens (tertiary/aromatic N) is 1. The number of aromatic nitrogens is 1. The van der Waals surface area contributed by atoms with E-state index in [4.69, 9.17) is 15.2 Å². The Labute approximate surface area is 133 Å². The highest BCUT2D eigenvalue weighted by molar-refractivity contribution is 5.88. The van der Waals surface area contributed by atoms with Gasteiger partial charge in [0.1, 0.15) is 5.75 Å². The van der Waals surface area contributed by atoms with Crippen molar-refractivity contribution in [1.82, 2.24) is 4.98 Å². The van der Waals surface area contributed by atoms with Crippen LogP contribution in [-0.4, -0.2) is 18.2 Å². The average molecular weight is 308 g/mol. The molecule has 0 saturated heterocycles. The quantitative estimate of drug-likeness (QED) is 0.802. The third kappa shape index (κ3) is 3.23. The van der Waals surface area contributed by atoms with Gasteiger partial charge in [0.15, 0.2) is 0 Å². The van der Waals surface area contributed by atoms with Crippen LogP contribution in [0.15, 0.2) is 54.6 Å². The smallest absolute Gasteiger partial charge is 0.409 e. The number of nitrogens with two attached hydrogens (primary N) is 1. The summed E-state index contributed by atoms with van der Waals surface area (Å²) in [7, 11) is 1.58. The molecule has 0 aliphatic carbocycles. The molecule has 0 fully saturated rings. The number of hydrogen-bond donors (Lipinski definition) is 1. The molecule has 116 valence electrons. The molecule has 2 N–H and O–H groups in total. The van der Waals surface area contributed by atoms with E-state index in [0.717, 1.165) is 22.0 Å². The van der Waals surface area contributed by atoms with Crippen LogP contribution >= 0.6 is 0 Å². The maximum atomic E-state index is 11.2. The molecule has 0 unspecified atom stereocenters. The minimum absolute atomic E-state index is 0.445. The third-order valence-electron chi connectivity index (χ3n) is 3.56. The number of benzene rings is 2. The van der Waals surface area contributed by atoms with Gasteiger partial charge in [0, 0.05) is 23.7 Å². The first kappa shape index (κ1) is 14.8. The van der Waals surface area contributed by atoms with E-state index in [1.165, 1.54) is 0 Å². The predicted molar refractivity (Wildman–Crippen MR) is 87.8 cm³/mol. The number of carbonyl (C=O) groups is 1. The molecule has 3 aromatic rings. The predicted octanol–water partition coefficient (Wildman–Crippen LogP) is 3.29. The lowest BCUT2D eigenvalue weighted by Gasteiger charge is -2.12. The highest BCUT2D eigenvalue weighted by atomic mass is 16.5. The second-order valence-corrected chi connectivity index (χ2v) is 5.03. The molecular weight excluding hydrogens is 292 g/mol. The van der Waals surface area contributed by atoms with E-state index >= 15 is 0 Å². The number of primary amides is 1. The number of rotatable bonds is 4. The maximum Gasteiger partial charge on any atom is 0.409 e. The zero-order valence-corrected chi connectivity index (χ0v) is 12.7. The first-order valence-corrected chi connectivity index (χ1v) is 7.15. The van der Waals surface area contributed by atoms with Gasteiger partial charge in [-0.3, -0.25) is 0 Å². The zero-order valence-electron chi connectivity index (χ0n) is 12.7. The van der Waals surface area contributed by atoms with E-state index in [1.54, 1.807) is 19.2 Å². The summed E-state index contributed by atoms with van der Waals surface area (Å²) in [6.07, 6.45) is -0.332. The average Bonchev–Trinajstić information content (AvgIpc) is 2.57. The third-order valence-corrected chi connectivity index (χ3v) is 3.56. The van der Waals surface area contributed by atoms with Crippen molar-refractivity contribution in [2.75, 3.05) is 7.11 Å². The van der Waals surface area contributed by atoms with Crippen LogP contribution < -0.4 is 15.2 Å². The second-order valence-electron chi connectivity index (χ2n) is 5.03. The van der Waals surface area contributed by atoms with E-state index in [0.29, 0.717) is 18.1 Å². The Morgan fingerprint density at radius 1 is 1.09 bits per heavy atom. The molecule has 0 spiro atoms. The van der Waals surface area contributed by atoms with E-state index in [-0.39, 0.29) is 0 Å². The SMILES string of the molecule is COc1cccc(Cc2c(OC(N)=O)ccc3ccccc23)n1. The number of hydrogen-bond acceptors (Lipinski definition) is 4. The Bertz CT molecular complexity index is 862. The van der Waals surface area contributed by atoms with Gasteiger partial charge in [-0.1, -0.05) is 36.4 Å². The number of amides is 1. The molecule has 0 saturated carbocycles. The lowest BCUT2D eigenvalue weighted by atomic mass is 9.99. The normalized spacial score (nSPS) is 10.5. The van der Waals surface area contributed by atoms with E-state index in [2.05, 4.69) is 4.98 Å². The number of ether oxygens (including phenoxy) is 2. The van der Waals surface area contributed by atoms with Gasteiger partial charge >= 0.3 is 6.09 Å². The summed E-state index contributed by atoms with van der Waals surface area (Å²) in [6.45, 7) is 0. The summed E-state index contributed by atoms with van der Waals surface area (Å²) in [4.78, 5) is 15.6. The summed E-state index contributed by atoms with van der Waals surface area (Å²) < 4.78 is 10.3. The van der Waals surface area contributed by atoms with Gasteiger partial charge in [0.05, 0.1) is 7.11 Å². The van der Waals surface area contributed by atoms with Gasteiger partial charge in [-0.15, -0.1) is 0 Å². The molecule has 23 heavy (non-hydrogen) atoms. The fourth-order valence-corrected chi connectivity index (χ4v) is 2.55. The lowest BCUT2D eigenvalue weighted by Crippen LogP contribution is -2.17. The van der Waals surface area contributed by atoms with Crippen molar-refractivity contribution in [3.63, 3.8) is 0 Å². The van der Waals surface area contributed by atoms with Crippen LogP contribution in [0.4, 0.5) is 4.79 Å². The van der Waals surface area contributed by atoms with Crippen molar-refractivity contribution in [2.24, 2.45) is 5.73 Å². The first-order valence-electron chi connectivity index (χ1n) is 7.15. The largest absolute Gasteiger partial charge is 0.481 e. The van der Waals surface area contributed by atoms with Crippen LogP contribution in [0.25, 0.3) is 10.8 Å². The van der Waals surface area contributed by atoms with E-state index in [9.17, 15) is 4.79 Å². The van der Waals surface area contributed by atoms with E-state index in [1.807, 2.05) is 42.5 Å². The molecule has 0 aliphatic heterocycles. The molecule has 2 aromatic carbocycles. The van der Waals surface area contributed by atoms with Crippen LogP contribution in [0, 0.1) is 0 Å². The molecule has 1 heterocycles. The van der Waals surface area contributed by atoms with Crippen molar-refractivity contribution in [1.29, 1.82) is 0 Å². The highest BCUT2D eigenvalue weighted by Crippen LogP contribution is 2.30. The van der Waals surface area contributed by atoms with E-state index < -0.39 is 6.09 Å². The van der Waals surface area contributed by atoms with Crippen LogP contribution in [0.1, 0.15) is 11.3 Å². The molecule has 5 nitrogen and oxygen atoms in total. The minimum Gasteiger partial charge on any atom is -0.481 e. The summed E-state index contributed by atoms with van der Waals surface area (Å²) in [5.74, 6) is 0.987. The molecule has 1 aromatic heterocycles. The van der Waals surface area contributed by atoms with Crippen LogP contribution in [0.2, 0.25) is 0 Å². The Morgan fingerprint density at radius 2 is 1.91 bits per heavy atom. The molecule has 3 rings (SSSR count). The Kier molecular flexibility index (Phi) is 4.10. The van der Waals surface area contributed by atoms with Gasteiger partial charge in [-0.25, -0.2) is 9.78 Å². The molecule has 0 bridgehead atoms. The van der Waals surface area contributed by atoms with Crippen molar-refractivity contribution < 1.29 is 14.3 Å². The monoisotopic (exact) mass is 308 g/mol. The lowest BCUT2D eigenvalue weighted by molar-refractivity contribution is 0.210. The minimum atomic E-state index is -0.833. The number of methoxy groups -OCH3 is 1. The fourth-order valence-electron chi connectivity index (χ4n) is 2.55. The topological polar surface area (TPSA) is 74.4 Å². The van der Waals surface area contributed by atoms with Crippen molar-refractivity contribution in [3.05, 3.63) is 65.9 Å². The van der Waals surface area contributed by atoms with Gasteiger partial charge in [-0.05, 0) is 22.9 Å². The first-order chi connectivity index (χ1) is 11.2. The van der Waals surface area contributed by atoms with Crippen molar-refractivity contribution in [2.45, 2.75) is 6.42 Å². The summed E-state index contributed by atoms with van der Waals surface area (Å²) >= 11 is 0. The molecule has 0 atom stereocenters. The summed E-state index contributed by atoms with van der Waals surface area (Å²) in [6, 6.07) is 17.1. The zero-order chi connectivity index (χ0) is 16.2. The highest BCUT2D eigenvalue weighted by Gasteiger charge is 2.12. The van der Waals surface area contributed by atoms with Crippen LogP contribution in [-0.2, 0) is 6.42 Å². The molecule has 1 amide bonds. The molecule has 0 aliphatic rings. The maximum absolute atomic E-state index is 11.2. The molecular formula is C18H16N2O3. The van der Waals surface area contributed by atoms with Gasteiger partial charge < -0.3 is 15.2 Å². The fraction of sp³-hybridized carbons (Fsp3) is 0.111. The number of pyridine rings is 1. The van der Waals surface area contributed by atoms with Gasteiger partial charge in [0.2, 0.25) is 5.88 Å². The number of fused-ring (bicyclic) bond motifs is 1. The summed E-state index contributed by atoms with van der Waals surface area (Å²) in [5, 5.41) is 2.05. The Morgan fingerprint density at radius 3 is 2.70 bits per heavy atom. The van der Waals surface area contributed by atoms with Gasteiger partial charge in [-0.2, -0.15) is 0 Å². The molecule has 0 radical (unpaired) electrons. The standard InChI is InChI=1S/C18H16N2O3/c1-22-17-8-4-6-13(20-17)11-15-14-7-3-2-5-12(14)9-10-16(15)23-18(19)21/h2-10H,11H2,1H3,(H2,19,21). The second kappa shape index (κ2) is 6.36. The molecule has 5 heteroatoms.